The van der Waals surface area contributed by atoms with Crippen LogP contribution in [0.1, 0.15) is 53.5 Å². The number of hydrogen-bond donors (Lipinski definition) is 2. The van der Waals surface area contributed by atoms with Crippen LogP contribution in [0.2, 0.25) is 0 Å². The first kappa shape index (κ1) is 18.1. The number of thiazole rings is 1. The summed E-state index contributed by atoms with van der Waals surface area (Å²) in [6, 6.07) is -0.122. The molecule has 0 unspecified atom stereocenters. The Morgan fingerprint density at radius 3 is 2.29 bits per heavy atom. The summed E-state index contributed by atoms with van der Waals surface area (Å²) in [5.74, 6) is 0.0569. The maximum absolute atomic E-state index is 12.6. The summed E-state index contributed by atoms with van der Waals surface area (Å²) in [5.41, 5.74) is -0.105. The van der Waals surface area contributed by atoms with Crippen LogP contribution < -0.4 is 10.6 Å². The topological polar surface area (TPSA) is 54.0 Å². The molecule has 2 atom stereocenters. The van der Waals surface area contributed by atoms with Crippen molar-refractivity contribution < 1.29 is 4.79 Å². The molecule has 0 fully saturated rings. The van der Waals surface area contributed by atoms with Gasteiger partial charge in [-0.05, 0) is 17.8 Å². The lowest BCUT2D eigenvalue weighted by Gasteiger charge is -2.34. The third-order valence-corrected chi connectivity index (χ3v) is 4.51. The first-order valence-electron chi connectivity index (χ1n) is 7.44. The van der Waals surface area contributed by atoms with Crippen LogP contribution in [-0.4, -0.2) is 23.0 Å². The van der Waals surface area contributed by atoms with Gasteiger partial charge in [-0.25, -0.2) is 4.98 Å². The van der Waals surface area contributed by atoms with Gasteiger partial charge in [0.15, 0.2) is 0 Å². The Kier molecular flexibility index (Phi) is 5.93. The zero-order chi connectivity index (χ0) is 16.3. The molecule has 21 heavy (non-hydrogen) atoms. The van der Waals surface area contributed by atoms with Gasteiger partial charge in [0.2, 0.25) is 5.91 Å². The zero-order valence-electron chi connectivity index (χ0n) is 14.3. The summed E-state index contributed by atoms with van der Waals surface area (Å²) in [7, 11) is 0. The third kappa shape index (κ3) is 5.75. The molecule has 4 nitrogen and oxygen atoms in total. The Hall–Kier alpha value is -0.940. The minimum Gasteiger partial charge on any atom is -0.352 e. The fourth-order valence-electron chi connectivity index (χ4n) is 1.84. The number of carbonyl (C=O) groups is 1. The van der Waals surface area contributed by atoms with E-state index in [9.17, 15) is 4.79 Å². The number of aromatic nitrogens is 1. The van der Waals surface area contributed by atoms with Crippen LogP contribution in [0.25, 0.3) is 0 Å². The summed E-state index contributed by atoms with van der Waals surface area (Å²) in [6.07, 6.45) is 1.79. The molecule has 1 amide bonds. The predicted molar refractivity (Wildman–Crippen MR) is 89.3 cm³/mol. The molecule has 0 radical (unpaired) electrons. The van der Waals surface area contributed by atoms with Gasteiger partial charge in [-0.1, -0.05) is 41.5 Å². The van der Waals surface area contributed by atoms with Crippen molar-refractivity contribution in [3.63, 3.8) is 0 Å². The molecule has 1 aromatic heterocycles. The standard InChI is InChI=1S/C16H29N3OS/c1-11(15(2,3)4)19-14(20)13(16(5,6)7)18-10-12-17-8-9-21-12/h8-9,11,13,18H,10H2,1-7H3,(H,19,20)/t11-,13+/m0/s1. The molecular formula is C16H29N3OS. The van der Waals surface area contributed by atoms with Gasteiger partial charge in [0, 0.05) is 24.2 Å². The maximum atomic E-state index is 12.6. The van der Waals surface area contributed by atoms with Gasteiger partial charge in [0.05, 0.1) is 6.04 Å². The second-order valence-corrected chi connectivity index (χ2v) is 8.68. The Morgan fingerprint density at radius 1 is 1.24 bits per heavy atom. The lowest BCUT2D eigenvalue weighted by molar-refractivity contribution is -0.127. The lowest BCUT2D eigenvalue weighted by atomic mass is 9.84. The molecule has 0 aromatic carbocycles. The second-order valence-electron chi connectivity index (χ2n) is 7.70. The highest BCUT2D eigenvalue weighted by Gasteiger charge is 2.33. The number of nitrogens with one attached hydrogen (secondary N) is 2. The number of rotatable bonds is 5. The highest BCUT2D eigenvalue weighted by Crippen LogP contribution is 2.23. The minimum atomic E-state index is -0.244. The van der Waals surface area contributed by atoms with E-state index in [1.165, 1.54) is 0 Å². The summed E-state index contributed by atoms with van der Waals surface area (Å²) < 4.78 is 0. The van der Waals surface area contributed by atoms with E-state index in [4.69, 9.17) is 0 Å². The monoisotopic (exact) mass is 311 g/mol. The normalized spacial score (nSPS) is 15.6. The quantitative estimate of drug-likeness (QED) is 0.878. The minimum absolute atomic E-state index is 0.0490. The van der Waals surface area contributed by atoms with E-state index in [2.05, 4.69) is 64.1 Å². The number of nitrogens with zero attached hydrogens (tertiary/aromatic N) is 1. The van der Waals surface area contributed by atoms with Gasteiger partial charge in [-0.15, -0.1) is 11.3 Å². The van der Waals surface area contributed by atoms with Crippen molar-refractivity contribution in [2.24, 2.45) is 10.8 Å². The number of hydrogen-bond acceptors (Lipinski definition) is 4. The van der Waals surface area contributed by atoms with Gasteiger partial charge in [0.1, 0.15) is 5.01 Å². The first-order valence-corrected chi connectivity index (χ1v) is 8.32. The van der Waals surface area contributed by atoms with Crippen molar-refractivity contribution in [2.45, 2.75) is 67.1 Å². The second kappa shape index (κ2) is 6.88. The van der Waals surface area contributed by atoms with Crippen molar-refractivity contribution in [1.82, 2.24) is 15.6 Å². The molecule has 0 saturated heterocycles. The highest BCUT2D eigenvalue weighted by atomic mass is 32.1. The Morgan fingerprint density at radius 2 is 1.86 bits per heavy atom. The van der Waals surface area contributed by atoms with E-state index in [-0.39, 0.29) is 28.8 Å². The van der Waals surface area contributed by atoms with Crippen molar-refractivity contribution in [3.8, 4) is 0 Å². The van der Waals surface area contributed by atoms with Crippen molar-refractivity contribution >= 4 is 17.2 Å². The highest BCUT2D eigenvalue weighted by molar-refractivity contribution is 7.09. The average Bonchev–Trinajstić information content (AvgIpc) is 2.78. The molecule has 0 aliphatic carbocycles. The summed E-state index contributed by atoms with van der Waals surface area (Å²) in [6.45, 7) is 15.3. The fourth-order valence-corrected chi connectivity index (χ4v) is 2.40. The van der Waals surface area contributed by atoms with Crippen molar-refractivity contribution in [1.29, 1.82) is 0 Å². The number of amides is 1. The molecule has 0 saturated carbocycles. The van der Waals surface area contributed by atoms with Gasteiger partial charge in [0.25, 0.3) is 0 Å². The third-order valence-electron chi connectivity index (χ3n) is 3.73. The summed E-state index contributed by atoms with van der Waals surface area (Å²) in [5, 5.41) is 9.44. The fraction of sp³-hybridized carbons (Fsp3) is 0.750. The van der Waals surface area contributed by atoms with Gasteiger partial charge < -0.3 is 5.32 Å². The molecule has 1 rings (SSSR count). The van der Waals surface area contributed by atoms with Crippen LogP contribution >= 0.6 is 11.3 Å². The lowest BCUT2D eigenvalue weighted by Crippen LogP contribution is -2.55. The largest absolute Gasteiger partial charge is 0.352 e. The van der Waals surface area contributed by atoms with Crippen LogP contribution in [-0.2, 0) is 11.3 Å². The predicted octanol–water partition coefficient (Wildman–Crippen LogP) is 3.20. The van der Waals surface area contributed by atoms with Crippen molar-refractivity contribution in [3.05, 3.63) is 16.6 Å². The van der Waals surface area contributed by atoms with Crippen LogP contribution in [0.4, 0.5) is 0 Å². The SMILES string of the molecule is C[C@H](NC(=O)[C@@H](NCc1nccs1)C(C)(C)C)C(C)(C)C. The van der Waals surface area contributed by atoms with Crippen LogP contribution in [0.5, 0.6) is 0 Å². The molecule has 0 aliphatic rings. The zero-order valence-corrected chi connectivity index (χ0v) is 15.1. The van der Waals surface area contributed by atoms with Crippen LogP contribution in [0.15, 0.2) is 11.6 Å². The van der Waals surface area contributed by atoms with Crippen molar-refractivity contribution in [2.75, 3.05) is 0 Å². The van der Waals surface area contributed by atoms with E-state index in [1.54, 1.807) is 17.5 Å². The molecule has 1 heterocycles. The van der Waals surface area contributed by atoms with Crippen LogP contribution in [0, 0.1) is 10.8 Å². The average molecular weight is 311 g/mol. The summed E-state index contributed by atoms with van der Waals surface area (Å²) >= 11 is 1.60. The Bertz CT molecular complexity index is 443. The molecule has 0 aliphatic heterocycles. The first-order chi connectivity index (χ1) is 9.51. The molecule has 0 bridgehead atoms. The maximum Gasteiger partial charge on any atom is 0.237 e. The number of carbonyl (C=O) groups excluding carboxylic acids is 1. The van der Waals surface area contributed by atoms with E-state index >= 15 is 0 Å². The van der Waals surface area contributed by atoms with Crippen LogP contribution in [0.3, 0.4) is 0 Å². The molecular weight excluding hydrogens is 282 g/mol. The molecule has 5 heteroatoms. The van der Waals surface area contributed by atoms with Gasteiger partial charge in [-0.3, -0.25) is 10.1 Å². The van der Waals surface area contributed by atoms with E-state index in [1.807, 2.05) is 5.38 Å². The smallest absolute Gasteiger partial charge is 0.237 e. The van der Waals surface area contributed by atoms with E-state index in [0.717, 1.165) is 5.01 Å². The Balaban J connectivity index is 2.71. The van der Waals surface area contributed by atoms with Gasteiger partial charge in [-0.2, -0.15) is 0 Å². The molecule has 2 N–H and O–H groups in total. The Labute approximate surface area is 132 Å². The molecule has 120 valence electrons. The molecule has 1 aromatic rings. The van der Waals surface area contributed by atoms with Gasteiger partial charge >= 0.3 is 0 Å². The molecule has 0 spiro atoms. The summed E-state index contributed by atoms with van der Waals surface area (Å²) in [4.78, 5) is 16.9. The van der Waals surface area contributed by atoms with E-state index in [0.29, 0.717) is 6.54 Å². The van der Waals surface area contributed by atoms with E-state index < -0.39 is 0 Å².